The molecular weight excluding hydrogens is 240 g/mol. The Bertz CT molecular complexity index is 424. The van der Waals surface area contributed by atoms with Crippen molar-refractivity contribution in [2.24, 2.45) is 11.1 Å². The number of nitrogens with two attached hydrogens (primary N) is 1. The number of ether oxygens (including phenoxy) is 1. The van der Waals surface area contributed by atoms with Crippen LogP contribution >= 0.6 is 0 Å². The molecule has 0 aliphatic rings. The lowest BCUT2D eigenvalue weighted by Gasteiger charge is -2.26. The van der Waals surface area contributed by atoms with E-state index in [4.69, 9.17) is 10.5 Å². The van der Waals surface area contributed by atoms with E-state index in [1.165, 1.54) is 0 Å². The predicted molar refractivity (Wildman–Crippen MR) is 76.9 cm³/mol. The third-order valence-corrected chi connectivity index (χ3v) is 3.19. The van der Waals surface area contributed by atoms with Crippen molar-refractivity contribution >= 4 is 5.91 Å². The number of rotatable bonds is 5. The third-order valence-electron chi connectivity index (χ3n) is 3.19. The molecule has 0 aromatic heterocycles. The van der Waals surface area contributed by atoms with Crippen LogP contribution in [0.25, 0.3) is 0 Å². The minimum atomic E-state index is -0.148. The average molecular weight is 264 g/mol. The van der Waals surface area contributed by atoms with Gasteiger partial charge in [-0.15, -0.1) is 0 Å². The van der Waals surface area contributed by atoms with Crippen molar-refractivity contribution in [1.29, 1.82) is 0 Å². The van der Waals surface area contributed by atoms with E-state index in [1.54, 1.807) is 7.11 Å². The molecule has 0 aliphatic carbocycles. The highest BCUT2D eigenvalue weighted by Crippen LogP contribution is 2.20. The standard InChI is InChI=1S/C15H24N2O2/c1-15(2,3)13(16)9-14(18)17-10-11-7-5-6-8-12(11)19-4/h5-8,13H,9-10,16H2,1-4H3,(H,17,18). The zero-order valence-electron chi connectivity index (χ0n) is 12.2. The fraction of sp³-hybridized carbons (Fsp3) is 0.533. The number of methoxy groups -OCH3 is 1. The van der Waals surface area contributed by atoms with Crippen molar-refractivity contribution in [2.75, 3.05) is 7.11 Å². The number of hydrogen-bond acceptors (Lipinski definition) is 3. The van der Waals surface area contributed by atoms with E-state index in [2.05, 4.69) is 5.32 Å². The Morgan fingerprint density at radius 3 is 2.58 bits per heavy atom. The molecule has 0 aliphatic heterocycles. The second-order valence-electron chi connectivity index (χ2n) is 5.77. The topological polar surface area (TPSA) is 64.3 Å². The first-order chi connectivity index (χ1) is 8.84. The van der Waals surface area contributed by atoms with Crippen LogP contribution < -0.4 is 15.8 Å². The lowest BCUT2D eigenvalue weighted by molar-refractivity contribution is -0.122. The lowest BCUT2D eigenvalue weighted by atomic mass is 9.85. The van der Waals surface area contributed by atoms with Gasteiger partial charge in [-0.1, -0.05) is 39.0 Å². The summed E-state index contributed by atoms with van der Waals surface area (Å²) >= 11 is 0. The smallest absolute Gasteiger partial charge is 0.221 e. The van der Waals surface area contributed by atoms with Gasteiger partial charge >= 0.3 is 0 Å². The van der Waals surface area contributed by atoms with Crippen molar-refractivity contribution in [3.05, 3.63) is 29.8 Å². The molecule has 0 spiro atoms. The van der Waals surface area contributed by atoms with Crippen molar-refractivity contribution < 1.29 is 9.53 Å². The molecule has 106 valence electrons. The largest absolute Gasteiger partial charge is 0.496 e. The summed E-state index contributed by atoms with van der Waals surface area (Å²) in [5.41, 5.74) is 6.88. The Hall–Kier alpha value is -1.55. The molecule has 0 saturated heterocycles. The Balaban J connectivity index is 2.51. The highest BCUT2D eigenvalue weighted by molar-refractivity contribution is 5.76. The van der Waals surface area contributed by atoms with Gasteiger partial charge in [0.15, 0.2) is 0 Å². The molecule has 0 radical (unpaired) electrons. The Kier molecular flexibility index (Phi) is 5.36. The van der Waals surface area contributed by atoms with Crippen molar-refractivity contribution in [3.63, 3.8) is 0 Å². The predicted octanol–water partition coefficient (Wildman–Crippen LogP) is 2.07. The molecule has 1 aromatic rings. The van der Waals surface area contributed by atoms with Crippen LogP contribution in [-0.4, -0.2) is 19.1 Å². The molecule has 0 bridgehead atoms. The van der Waals surface area contributed by atoms with Crippen LogP contribution in [0.15, 0.2) is 24.3 Å². The second-order valence-corrected chi connectivity index (χ2v) is 5.77. The van der Waals surface area contributed by atoms with Crippen LogP contribution in [0.3, 0.4) is 0 Å². The van der Waals surface area contributed by atoms with Gasteiger partial charge in [0.2, 0.25) is 5.91 Å². The number of amides is 1. The first-order valence-electron chi connectivity index (χ1n) is 6.48. The van der Waals surface area contributed by atoms with Crippen LogP contribution in [0.5, 0.6) is 5.75 Å². The highest BCUT2D eigenvalue weighted by Gasteiger charge is 2.23. The molecule has 1 atom stereocenters. The fourth-order valence-corrected chi connectivity index (χ4v) is 1.62. The number of nitrogens with one attached hydrogen (secondary N) is 1. The monoisotopic (exact) mass is 264 g/mol. The molecule has 1 rings (SSSR count). The minimum absolute atomic E-state index is 0.0340. The Labute approximate surface area is 115 Å². The average Bonchev–Trinajstić information content (AvgIpc) is 2.35. The SMILES string of the molecule is COc1ccccc1CNC(=O)CC(N)C(C)(C)C. The molecule has 4 heteroatoms. The maximum absolute atomic E-state index is 11.8. The molecule has 19 heavy (non-hydrogen) atoms. The summed E-state index contributed by atoms with van der Waals surface area (Å²) in [5, 5.41) is 2.88. The molecule has 1 amide bonds. The minimum Gasteiger partial charge on any atom is -0.496 e. The highest BCUT2D eigenvalue weighted by atomic mass is 16.5. The van der Waals surface area contributed by atoms with E-state index in [0.717, 1.165) is 11.3 Å². The van der Waals surface area contributed by atoms with E-state index in [9.17, 15) is 4.79 Å². The van der Waals surface area contributed by atoms with Crippen molar-refractivity contribution in [1.82, 2.24) is 5.32 Å². The zero-order chi connectivity index (χ0) is 14.5. The summed E-state index contributed by atoms with van der Waals surface area (Å²) in [4.78, 5) is 11.8. The number of carbonyl (C=O) groups excluding carboxylic acids is 1. The van der Waals surface area contributed by atoms with Gasteiger partial charge < -0.3 is 15.8 Å². The van der Waals surface area contributed by atoms with E-state index < -0.39 is 0 Å². The number of para-hydroxylation sites is 1. The van der Waals surface area contributed by atoms with Gasteiger partial charge in [0, 0.05) is 24.6 Å². The lowest BCUT2D eigenvalue weighted by Crippen LogP contribution is -2.40. The molecule has 0 saturated carbocycles. The summed E-state index contributed by atoms with van der Waals surface area (Å²) in [7, 11) is 1.62. The first-order valence-corrected chi connectivity index (χ1v) is 6.48. The Morgan fingerprint density at radius 1 is 1.37 bits per heavy atom. The molecule has 0 fully saturated rings. The maximum Gasteiger partial charge on any atom is 0.221 e. The summed E-state index contributed by atoms with van der Waals surface area (Å²) < 4.78 is 5.24. The number of carbonyl (C=O) groups is 1. The Morgan fingerprint density at radius 2 is 2.00 bits per heavy atom. The van der Waals surface area contributed by atoms with Crippen molar-refractivity contribution in [3.8, 4) is 5.75 Å². The van der Waals surface area contributed by atoms with Gasteiger partial charge in [0.1, 0.15) is 5.75 Å². The second kappa shape index (κ2) is 6.57. The van der Waals surface area contributed by atoms with Gasteiger partial charge in [0.25, 0.3) is 0 Å². The quantitative estimate of drug-likeness (QED) is 0.855. The molecule has 1 unspecified atom stereocenters. The number of hydrogen-bond donors (Lipinski definition) is 2. The normalized spacial score (nSPS) is 12.9. The van der Waals surface area contributed by atoms with Gasteiger partial charge in [-0.25, -0.2) is 0 Å². The molecule has 3 N–H and O–H groups in total. The third kappa shape index (κ3) is 4.91. The molecule has 1 aromatic carbocycles. The first kappa shape index (κ1) is 15.5. The van der Waals surface area contributed by atoms with Gasteiger partial charge in [0.05, 0.1) is 7.11 Å². The summed E-state index contributed by atoms with van der Waals surface area (Å²) in [6.45, 7) is 6.56. The van der Waals surface area contributed by atoms with E-state index in [0.29, 0.717) is 13.0 Å². The van der Waals surface area contributed by atoms with Crippen LogP contribution in [0.1, 0.15) is 32.8 Å². The summed E-state index contributed by atoms with van der Waals surface area (Å²) in [5.74, 6) is 0.747. The maximum atomic E-state index is 11.8. The van der Waals surface area contributed by atoms with Gasteiger partial charge in [-0.2, -0.15) is 0 Å². The molecule has 0 heterocycles. The van der Waals surface area contributed by atoms with Gasteiger partial charge in [-0.05, 0) is 11.5 Å². The van der Waals surface area contributed by atoms with Crippen LogP contribution in [0.4, 0.5) is 0 Å². The van der Waals surface area contributed by atoms with E-state index >= 15 is 0 Å². The van der Waals surface area contributed by atoms with Crippen LogP contribution in [-0.2, 0) is 11.3 Å². The number of benzene rings is 1. The summed E-state index contributed by atoms with van der Waals surface area (Å²) in [6, 6.07) is 7.49. The van der Waals surface area contributed by atoms with E-state index in [1.807, 2.05) is 45.0 Å². The molecular formula is C15H24N2O2. The van der Waals surface area contributed by atoms with Gasteiger partial charge in [-0.3, -0.25) is 4.79 Å². The fourth-order valence-electron chi connectivity index (χ4n) is 1.62. The summed E-state index contributed by atoms with van der Waals surface area (Å²) in [6.07, 6.45) is 0.332. The van der Waals surface area contributed by atoms with Crippen LogP contribution in [0, 0.1) is 5.41 Å². The van der Waals surface area contributed by atoms with Crippen LogP contribution in [0.2, 0.25) is 0 Å². The van der Waals surface area contributed by atoms with E-state index in [-0.39, 0.29) is 17.4 Å². The van der Waals surface area contributed by atoms with Crippen molar-refractivity contribution in [2.45, 2.75) is 39.8 Å². The molecule has 4 nitrogen and oxygen atoms in total. The zero-order valence-corrected chi connectivity index (χ0v) is 12.2.